The Morgan fingerprint density at radius 2 is 1.95 bits per heavy atom. The first-order valence-corrected chi connectivity index (χ1v) is 6.55. The number of aliphatic hydroxyl groups is 1. The third-order valence-corrected chi connectivity index (χ3v) is 3.57. The molecule has 1 aromatic heterocycles. The Bertz CT molecular complexity index is 545. The minimum absolute atomic E-state index is 0.191. The topological polar surface area (TPSA) is 59.1 Å². The van der Waals surface area contributed by atoms with E-state index in [0.29, 0.717) is 17.1 Å². The molecule has 1 heterocycles. The summed E-state index contributed by atoms with van der Waals surface area (Å²) >= 11 is 6.20. The average molecular weight is 277 g/mol. The van der Waals surface area contributed by atoms with E-state index in [0.717, 1.165) is 11.1 Å². The number of benzene rings is 1. The van der Waals surface area contributed by atoms with E-state index in [2.05, 4.69) is 4.98 Å². The van der Waals surface area contributed by atoms with Crippen LogP contribution in [0.1, 0.15) is 28.7 Å². The van der Waals surface area contributed by atoms with Crippen molar-refractivity contribution in [3.63, 3.8) is 0 Å². The Balaban J connectivity index is 2.33. The molecule has 2 rings (SSSR count). The number of aliphatic hydroxyl groups excluding tert-OH is 1. The van der Waals surface area contributed by atoms with Gasteiger partial charge >= 0.3 is 0 Å². The van der Waals surface area contributed by atoms with E-state index in [1.54, 1.807) is 12.4 Å². The molecule has 2 unspecified atom stereocenters. The molecule has 1 aromatic carbocycles. The maximum Gasteiger partial charge on any atom is 0.0885 e. The first kappa shape index (κ1) is 14.0. The smallest absolute Gasteiger partial charge is 0.0885 e. The van der Waals surface area contributed by atoms with Crippen LogP contribution in [0.4, 0.5) is 0 Å². The predicted molar refractivity (Wildman–Crippen MR) is 77.2 cm³/mol. The van der Waals surface area contributed by atoms with Crippen LogP contribution in [0.3, 0.4) is 0 Å². The lowest BCUT2D eigenvalue weighted by molar-refractivity contribution is 0.147. The zero-order valence-corrected chi connectivity index (χ0v) is 11.5. The van der Waals surface area contributed by atoms with Gasteiger partial charge in [-0.2, -0.15) is 0 Å². The molecule has 2 aromatic rings. The van der Waals surface area contributed by atoms with Gasteiger partial charge in [-0.25, -0.2) is 0 Å². The van der Waals surface area contributed by atoms with Crippen LogP contribution in [0, 0.1) is 6.92 Å². The molecule has 100 valence electrons. The number of nitrogens with two attached hydrogens (primary N) is 1. The third-order valence-electron chi connectivity index (χ3n) is 3.24. The number of aromatic nitrogens is 1. The molecule has 0 aliphatic rings. The van der Waals surface area contributed by atoms with Gasteiger partial charge in [0, 0.05) is 29.9 Å². The van der Waals surface area contributed by atoms with Gasteiger partial charge in [-0.15, -0.1) is 0 Å². The second-order valence-corrected chi connectivity index (χ2v) is 5.00. The number of pyridine rings is 1. The van der Waals surface area contributed by atoms with Crippen molar-refractivity contribution in [3.05, 3.63) is 64.4 Å². The normalized spacial score (nSPS) is 14.1. The lowest BCUT2D eigenvalue weighted by Crippen LogP contribution is -2.20. The molecule has 0 amide bonds. The molecule has 0 fully saturated rings. The van der Waals surface area contributed by atoms with Crippen molar-refractivity contribution < 1.29 is 5.11 Å². The maximum absolute atomic E-state index is 10.5. The summed E-state index contributed by atoms with van der Waals surface area (Å²) in [5, 5.41) is 11.1. The summed E-state index contributed by atoms with van der Waals surface area (Å²) in [6.07, 6.45) is 2.67. The fourth-order valence-electron chi connectivity index (χ4n) is 2.15. The van der Waals surface area contributed by atoms with Gasteiger partial charge in [0.15, 0.2) is 0 Å². The van der Waals surface area contributed by atoms with Crippen molar-refractivity contribution in [1.29, 1.82) is 0 Å². The first-order valence-electron chi connectivity index (χ1n) is 6.17. The van der Waals surface area contributed by atoms with Crippen LogP contribution >= 0.6 is 11.6 Å². The summed E-state index contributed by atoms with van der Waals surface area (Å²) in [7, 11) is 0. The standard InChI is InChI=1S/C15H17ClN2O/c1-10-2-3-12(14(16)8-10)15(19)13(9-17)11-4-6-18-7-5-11/h2-8,13,15,19H,9,17H2,1H3. The van der Waals surface area contributed by atoms with Crippen molar-refractivity contribution in [2.45, 2.75) is 18.9 Å². The van der Waals surface area contributed by atoms with E-state index in [9.17, 15) is 5.11 Å². The van der Waals surface area contributed by atoms with Crippen molar-refractivity contribution in [2.24, 2.45) is 5.73 Å². The number of hydrogen-bond acceptors (Lipinski definition) is 3. The fourth-order valence-corrected chi connectivity index (χ4v) is 2.49. The summed E-state index contributed by atoms with van der Waals surface area (Å²) in [4.78, 5) is 3.97. The minimum Gasteiger partial charge on any atom is -0.388 e. The monoisotopic (exact) mass is 276 g/mol. The van der Waals surface area contributed by atoms with Gasteiger partial charge < -0.3 is 10.8 Å². The highest BCUT2D eigenvalue weighted by atomic mass is 35.5. The van der Waals surface area contributed by atoms with E-state index in [4.69, 9.17) is 17.3 Å². The second kappa shape index (κ2) is 6.15. The van der Waals surface area contributed by atoms with Crippen LogP contribution < -0.4 is 5.73 Å². The zero-order chi connectivity index (χ0) is 13.8. The lowest BCUT2D eigenvalue weighted by atomic mass is 9.89. The summed E-state index contributed by atoms with van der Waals surface area (Å²) in [6.45, 7) is 2.31. The van der Waals surface area contributed by atoms with Gasteiger partial charge in [-0.3, -0.25) is 4.98 Å². The van der Waals surface area contributed by atoms with E-state index in [-0.39, 0.29) is 5.92 Å². The van der Waals surface area contributed by atoms with Crippen LogP contribution in [0.25, 0.3) is 0 Å². The van der Waals surface area contributed by atoms with Gasteiger partial charge in [-0.1, -0.05) is 23.7 Å². The molecular weight excluding hydrogens is 260 g/mol. The number of hydrogen-bond donors (Lipinski definition) is 2. The highest BCUT2D eigenvalue weighted by molar-refractivity contribution is 6.31. The Morgan fingerprint density at radius 1 is 1.26 bits per heavy atom. The molecule has 0 aliphatic carbocycles. The molecule has 3 nitrogen and oxygen atoms in total. The van der Waals surface area contributed by atoms with Gasteiger partial charge in [0.25, 0.3) is 0 Å². The van der Waals surface area contributed by atoms with Crippen LogP contribution in [-0.2, 0) is 0 Å². The lowest BCUT2D eigenvalue weighted by Gasteiger charge is -2.23. The summed E-state index contributed by atoms with van der Waals surface area (Å²) < 4.78 is 0. The molecule has 0 radical (unpaired) electrons. The summed E-state index contributed by atoms with van der Waals surface area (Å²) in [5.74, 6) is -0.191. The predicted octanol–water partition coefficient (Wildman–Crippen LogP) is 2.82. The van der Waals surface area contributed by atoms with Crippen molar-refractivity contribution in [2.75, 3.05) is 6.54 Å². The van der Waals surface area contributed by atoms with Crippen molar-refractivity contribution in [1.82, 2.24) is 4.98 Å². The summed E-state index contributed by atoms with van der Waals surface area (Å²) in [5.41, 5.74) is 8.53. The molecule has 0 saturated carbocycles. The second-order valence-electron chi connectivity index (χ2n) is 4.59. The van der Waals surface area contributed by atoms with Gasteiger partial charge in [0.05, 0.1) is 6.10 Å². The molecule has 0 saturated heterocycles. The fraction of sp³-hybridized carbons (Fsp3) is 0.267. The van der Waals surface area contributed by atoms with Crippen LogP contribution in [-0.4, -0.2) is 16.6 Å². The van der Waals surface area contributed by atoms with E-state index in [1.165, 1.54) is 0 Å². The van der Waals surface area contributed by atoms with Crippen LogP contribution in [0.5, 0.6) is 0 Å². The zero-order valence-electron chi connectivity index (χ0n) is 10.8. The molecule has 19 heavy (non-hydrogen) atoms. The van der Waals surface area contributed by atoms with Crippen LogP contribution in [0.2, 0.25) is 5.02 Å². The highest BCUT2D eigenvalue weighted by Crippen LogP contribution is 2.34. The minimum atomic E-state index is -0.722. The number of nitrogens with zero attached hydrogens (tertiary/aromatic N) is 1. The number of halogens is 1. The molecule has 2 atom stereocenters. The van der Waals surface area contributed by atoms with E-state index >= 15 is 0 Å². The third kappa shape index (κ3) is 3.13. The highest BCUT2D eigenvalue weighted by Gasteiger charge is 2.23. The molecule has 4 heteroatoms. The van der Waals surface area contributed by atoms with E-state index in [1.807, 2.05) is 37.3 Å². The Hall–Kier alpha value is -1.42. The summed E-state index contributed by atoms with van der Waals surface area (Å²) in [6, 6.07) is 9.36. The number of rotatable bonds is 4. The Labute approximate surface area is 118 Å². The molecule has 3 N–H and O–H groups in total. The maximum atomic E-state index is 10.5. The van der Waals surface area contributed by atoms with Gasteiger partial charge in [0.1, 0.15) is 0 Å². The van der Waals surface area contributed by atoms with Crippen molar-refractivity contribution >= 4 is 11.6 Å². The number of aryl methyl sites for hydroxylation is 1. The molecule has 0 spiro atoms. The quantitative estimate of drug-likeness (QED) is 0.903. The Morgan fingerprint density at radius 3 is 2.53 bits per heavy atom. The first-order chi connectivity index (χ1) is 9.13. The van der Waals surface area contributed by atoms with Crippen LogP contribution in [0.15, 0.2) is 42.7 Å². The molecule has 0 aliphatic heterocycles. The van der Waals surface area contributed by atoms with Crippen molar-refractivity contribution in [3.8, 4) is 0 Å². The van der Waals surface area contributed by atoms with Gasteiger partial charge in [-0.05, 0) is 41.8 Å². The average Bonchev–Trinajstić information content (AvgIpc) is 2.40. The van der Waals surface area contributed by atoms with E-state index < -0.39 is 6.10 Å². The molecule has 0 bridgehead atoms. The SMILES string of the molecule is Cc1ccc(C(O)C(CN)c2ccncc2)c(Cl)c1. The van der Waals surface area contributed by atoms with Gasteiger partial charge in [0.2, 0.25) is 0 Å². The Kier molecular flexibility index (Phi) is 4.53. The molecular formula is C15H17ClN2O. The largest absolute Gasteiger partial charge is 0.388 e.